The minimum absolute atomic E-state index is 0.734. The Hall–Kier alpha value is -1.65. The summed E-state index contributed by atoms with van der Waals surface area (Å²) in [6, 6.07) is 0. The van der Waals surface area contributed by atoms with Crippen LogP contribution in [-0.2, 0) is 7.05 Å². The molecule has 0 unspecified atom stereocenters. The van der Waals surface area contributed by atoms with Crippen LogP contribution >= 0.6 is 0 Å². The molecule has 0 amide bonds. The average Bonchev–Trinajstić information content (AvgIpc) is 2.79. The normalized spacial score (nSPS) is 21.1. The fourth-order valence-corrected chi connectivity index (χ4v) is 2.55. The average molecular weight is 231 g/mol. The lowest BCUT2D eigenvalue weighted by atomic mass is 10.0. The number of nitrogens with zero attached hydrogens (tertiary/aromatic N) is 5. The molecule has 3 aliphatic heterocycles. The predicted molar refractivity (Wildman–Crippen MR) is 66.0 cm³/mol. The van der Waals surface area contributed by atoms with E-state index in [1.165, 1.54) is 12.8 Å². The molecule has 0 aliphatic carbocycles. The van der Waals surface area contributed by atoms with E-state index in [1.54, 1.807) is 6.33 Å². The summed E-state index contributed by atoms with van der Waals surface area (Å²) in [5.41, 5.74) is 0.920. The van der Waals surface area contributed by atoms with Gasteiger partial charge in [0.2, 0.25) is 0 Å². The summed E-state index contributed by atoms with van der Waals surface area (Å²) in [4.78, 5) is 15.5. The van der Waals surface area contributed by atoms with Gasteiger partial charge in [0, 0.05) is 20.1 Å². The SMILES string of the molecule is C[C@H]1CCCN(c2ncn(C)c3ncnc2-3)C1. The number of hydrogen-bond donors (Lipinski definition) is 0. The topological polar surface area (TPSA) is 46.8 Å². The van der Waals surface area contributed by atoms with Crippen molar-refractivity contribution in [2.24, 2.45) is 13.0 Å². The Balaban J connectivity index is 2.00. The fraction of sp³-hybridized carbons (Fsp3) is 0.583. The van der Waals surface area contributed by atoms with E-state index in [0.29, 0.717) is 0 Å². The third-order valence-corrected chi connectivity index (χ3v) is 3.43. The summed E-state index contributed by atoms with van der Waals surface area (Å²) in [5.74, 6) is 2.63. The highest BCUT2D eigenvalue weighted by molar-refractivity contribution is 5.68. The molecule has 0 spiro atoms. The van der Waals surface area contributed by atoms with Gasteiger partial charge in [0.05, 0.1) is 6.33 Å². The number of aromatic nitrogens is 4. The molecule has 90 valence electrons. The van der Waals surface area contributed by atoms with Crippen LogP contribution in [0, 0.1) is 5.92 Å². The maximum Gasteiger partial charge on any atom is 0.165 e. The van der Waals surface area contributed by atoms with E-state index in [2.05, 4.69) is 26.8 Å². The monoisotopic (exact) mass is 231 g/mol. The highest BCUT2D eigenvalue weighted by Gasteiger charge is 2.23. The van der Waals surface area contributed by atoms with Crippen LogP contribution < -0.4 is 4.90 Å². The van der Waals surface area contributed by atoms with Gasteiger partial charge < -0.3 is 9.47 Å². The molecule has 1 fully saturated rings. The van der Waals surface area contributed by atoms with Crippen molar-refractivity contribution in [3.63, 3.8) is 0 Å². The van der Waals surface area contributed by atoms with Crippen molar-refractivity contribution >= 4 is 5.82 Å². The molecule has 0 bridgehead atoms. The van der Waals surface area contributed by atoms with Crippen LogP contribution in [0.4, 0.5) is 5.82 Å². The second-order valence-corrected chi connectivity index (χ2v) is 4.92. The number of hydrogen-bond acceptors (Lipinski definition) is 4. The second-order valence-electron chi connectivity index (χ2n) is 4.92. The van der Waals surface area contributed by atoms with E-state index < -0.39 is 0 Å². The minimum Gasteiger partial charge on any atom is -0.354 e. The Kier molecular flexibility index (Phi) is 2.46. The summed E-state index contributed by atoms with van der Waals surface area (Å²) in [6.45, 7) is 4.44. The smallest absolute Gasteiger partial charge is 0.165 e. The van der Waals surface area contributed by atoms with E-state index in [0.717, 1.165) is 36.3 Å². The third kappa shape index (κ3) is 1.75. The largest absolute Gasteiger partial charge is 0.354 e. The molecule has 0 radical (unpaired) electrons. The molecule has 0 aromatic rings. The summed E-state index contributed by atoms with van der Waals surface area (Å²) in [6.07, 6.45) is 5.99. The molecule has 17 heavy (non-hydrogen) atoms. The van der Waals surface area contributed by atoms with Crippen LogP contribution in [0.25, 0.3) is 11.5 Å². The maximum atomic E-state index is 4.52. The van der Waals surface area contributed by atoms with E-state index >= 15 is 0 Å². The zero-order chi connectivity index (χ0) is 11.8. The standard InChI is InChI=1S/C12H17N5/c1-9-4-3-5-17(6-9)12-10-11(14-7-13-10)16(2)8-15-12/h7-9H,3-6H2,1-2H3/t9-/m0/s1. The molecule has 3 aliphatic rings. The summed E-state index contributed by atoms with van der Waals surface area (Å²) in [7, 11) is 1.95. The first-order valence-corrected chi connectivity index (χ1v) is 6.12. The first-order chi connectivity index (χ1) is 8.25. The number of aryl methyl sites for hydroxylation is 1. The van der Waals surface area contributed by atoms with Gasteiger partial charge in [0.15, 0.2) is 17.3 Å². The van der Waals surface area contributed by atoms with Crippen molar-refractivity contribution in [1.29, 1.82) is 0 Å². The number of fused-ring (bicyclic) bond motifs is 1. The second kappa shape index (κ2) is 3.98. The molecular formula is C12H17N5. The van der Waals surface area contributed by atoms with Gasteiger partial charge in [-0.05, 0) is 18.8 Å². The van der Waals surface area contributed by atoms with E-state index in [-0.39, 0.29) is 0 Å². The molecule has 0 aromatic carbocycles. The van der Waals surface area contributed by atoms with Crippen molar-refractivity contribution < 1.29 is 0 Å². The number of piperidine rings is 1. The lowest BCUT2D eigenvalue weighted by Gasteiger charge is -2.32. The van der Waals surface area contributed by atoms with Gasteiger partial charge in [-0.1, -0.05) is 6.92 Å². The van der Waals surface area contributed by atoms with Gasteiger partial charge in [-0.3, -0.25) is 0 Å². The molecule has 1 saturated heterocycles. The van der Waals surface area contributed by atoms with E-state index in [4.69, 9.17) is 0 Å². The van der Waals surface area contributed by atoms with Gasteiger partial charge in [0.1, 0.15) is 6.33 Å². The van der Waals surface area contributed by atoms with E-state index in [1.807, 2.05) is 17.9 Å². The highest BCUT2D eigenvalue weighted by atomic mass is 15.2. The van der Waals surface area contributed by atoms with Gasteiger partial charge in [0.25, 0.3) is 0 Å². The number of anilines is 1. The Morgan fingerprint density at radius 3 is 3.00 bits per heavy atom. The maximum absolute atomic E-state index is 4.52. The van der Waals surface area contributed by atoms with Gasteiger partial charge in [-0.15, -0.1) is 0 Å². The van der Waals surface area contributed by atoms with E-state index in [9.17, 15) is 0 Å². The van der Waals surface area contributed by atoms with Crippen LogP contribution in [0.2, 0.25) is 0 Å². The highest BCUT2D eigenvalue weighted by Crippen LogP contribution is 2.29. The quantitative estimate of drug-likeness (QED) is 0.747. The molecule has 0 aromatic heterocycles. The Morgan fingerprint density at radius 2 is 2.18 bits per heavy atom. The molecule has 5 nitrogen and oxygen atoms in total. The predicted octanol–water partition coefficient (Wildman–Crippen LogP) is 1.55. The van der Waals surface area contributed by atoms with Crippen LogP contribution in [0.15, 0.2) is 12.7 Å². The zero-order valence-corrected chi connectivity index (χ0v) is 10.3. The Labute approximate surface area is 101 Å². The van der Waals surface area contributed by atoms with Gasteiger partial charge in [-0.25, -0.2) is 15.0 Å². The zero-order valence-electron chi connectivity index (χ0n) is 10.3. The number of rotatable bonds is 1. The van der Waals surface area contributed by atoms with Crippen LogP contribution in [0.5, 0.6) is 0 Å². The summed E-state index contributed by atoms with van der Waals surface area (Å²) < 4.78 is 1.92. The fourth-order valence-electron chi connectivity index (χ4n) is 2.55. The minimum atomic E-state index is 0.734. The van der Waals surface area contributed by atoms with Crippen molar-refractivity contribution in [2.75, 3.05) is 18.0 Å². The molecule has 0 N–H and O–H groups in total. The Bertz CT molecular complexity index is 492. The molecular weight excluding hydrogens is 214 g/mol. The molecule has 0 saturated carbocycles. The molecule has 3 heterocycles. The first kappa shape index (κ1) is 10.5. The van der Waals surface area contributed by atoms with Crippen molar-refractivity contribution in [3.8, 4) is 11.5 Å². The summed E-state index contributed by atoms with van der Waals surface area (Å²) in [5, 5.41) is 0. The van der Waals surface area contributed by atoms with Gasteiger partial charge in [-0.2, -0.15) is 0 Å². The molecule has 1 atom stereocenters. The third-order valence-electron chi connectivity index (χ3n) is 3.43. The van der Waals surface area contributed by atoms with Crippen LogP contribution in [0.3, 0.4) is 0 Å². The lowest BCUT2D eigenvalue weighted by molar-refractivity contribution is 0.444. The van der Waals surface area contributed by atoms with Crippen molar-refractivity contribution in [3.05, 3.63) is 12.7 Å². The molecule has 5 heteroatoms. The van der Waals surface area contributed by atoms with Crippen LogP contribution in [-0.4, -0.2) is 32.6 Å². The van der Waals surface area contributed by atoms with Gasteiger partial charge >= 0.3 is 0 Å². The first-order valence-electron chi connectivity index (χ1n) is 6.12. The van der Waals surface area contributed by atoms with Crippen molar-refractivity contribution in [2.45, 2.75) is 19.8 Å². The van der Waals surface area contributed by atoms with Crippen molar-refractivity contribution in [1.82, 2.24) is 19.5 Å². The molecule has 3 rings (SSSR count). The lowest BCUT2D eigenvalue weighted by Crippen LogP contribution is -2.35. The Morgan fingerprint density at radius 1 is 1.29 bits per heavy atom. The summed E-state index contributed by atoms with van der Waals surface area (Å²) >= 11 is 0. The number of imidazole rings is 1. The van der Waals surface area contributed by atoms with Crippen LogP contribution in [0.1, 0.15) is 19.8 Å².